The van der Waals surface area contributed by atoms with Crippen LogP contribution < -0.4 is 16.6 Å². The molecule has 8 heteroatoms. The number of hydrogen-bond donors (Lipinski definition) is 3. The number of nitrogens with zero attached hydrogens (tertiary/aromatic N) is 2. The molecule has 0 aliphatic heterocycles. The van der Waals surface area contributed by atoms with Crippen molar-refractivity contribution in [3.8, 4) is 0 Å². The fourth-order valence-corrected chi connectivity index (χ4v) is 1.52. The Balaban J connectivity index is 2.90. The van der Waals surface area contributed by atoms with E-state index in [0.29, 0.717) is 13.1 Å². The zero-order valence-corrected chi connectivity index (χ0v) is 10.8. The Bertz CT molecular complexity index is 475. The van der Waals surface area contributed by atoms with Gasteiger partial charge in [-0.3, -0.25) is 20.8 Å². The van der Waals surface area contributed by atoms with Crippen molar-refractivity contribution in [2.24, 2.45) is 5.84 Å². The molecule has 0 spiro atoms. The third kappa shape index (κ3) is 3.90. The molecule has 4 N–H and O–H groups in total. The van der Waals surface area contributed by atoms with Crippen molar-refractivity contribution in [2.45, 2.75) is 0 Å². The lowest BCUT2D eigenvalue weighted by atomic mass is 10.1. The number of nitrogen functional groups attached to an aromatic ring is 1. The predicted octanol–water partition coefficient (Wildman–Crippen LogP) is 0.172. The van der Waals surface area contributed by atoms with E-state index in [2.05, 4.69) is 10.7 Å². The quantitative estimate of drug-likeness (QED) is 0.384. The summed E-state index contributed by atoms with van der Waals surface area (Å²) in [5, 5.41) is 13.5. The van der Waals surface area contributed by atoms with Gasteiger partial charge in [0, 0.05) is 19.2 Å². The Kier molecular flexibility index (Phi) is 5.22. The minimum Gasteiger partial charge on any atom is -0.351 e. The van der Waals surface area contributed by atoms with Crippen molar-refractivity contribution in [2.75, 3.05) is 32.6 Å². The second-order valence-corrected chi connectivity index (χ2v) is 4.16. The summed E-state index contributed by atoms with van der Waals surface area (Å²) in [5.41, 5.74) is 2.14. The number of nitrogens with two attached hydrogens (primary N) is 1. The van der Waals surface area contributed by atoms with Crippen LogP contribution in [0.25, 0.3) is 0 Å². The molecule has 1 amide bonds. The molecule has 0 aliphatic rings. The minimum atomic E-state index is -0.591. The maximum Gasteiger partial charge on any atom is 0.294 e. The largest absolute Gasteiger partial charge is 0.351 e. The zero-order valence-electron chi connectivity index (χ0n) is 10.8. The summed E-state index contributed by atoms with van der Waals surface area (Å²) in [7, 11) is 3.76. The van der Waals surface area contributed by atoms with Crippen molar-refractivity contribution in [1.29, 1.82) is 0 Å². The van der Waals surface area contributed by atoms with Gasteiger partial charge in [0.15, 0.2) is 0 Å². The van der Waals surface area contributed by atoms with Crippen molar-refractivity contribution < 1.29 is 9.72 Å². The number of anilines is 1. The highest BCUT2D eigenvalue weighted by Crippen LogP contribution is 2.27. The van der Waals surface area contributed by atoms with Crippen molar-refractivity contribution in [1.82, 2.24) is 10.2 Å². The summed E-state index contributed by atoms with van der Waals surface area (Å²) < 4.78 is 0. The summed E-state index contributed by atoms with van der Waals surface area (Å²) in [6.45, 7) is 1.12. The molecule has 1 aromatic carbocycles. The number of benzene rings is 1. The fourth-order valence-electron chi connectivity index (χ4n) is 1.52. The van der Waals surface area contributed by atoms with E-state index in [4.69, 9.17) is 5.84 Å². The number of nitro groups is 1. The topological polar surface area (TPSA) is 114 Å². The van der Waals surface area contributed by atoms with E-state index in [1.165, 1.54) is 18.2 Å². The highest BCUT2D eigenvalue weighted by Gasteiger charge is 2.20. The molecule has 0 saturated heterocycles. The van der Waals surface area contributed by atoms with Crippen molar-refractivity contribution >= 4 is 17.3 Å². The van der Waals surface area contributed by atoms with Gasteiger partial charge in [0.1, 0.15) is 5.69 Å². The fraction of sp³-hybridized carbons (Fsp3) is 0.364. The second-order valence-electron chi connectivity index (χ2n) is 4.16. The predicted molar refractivity (Wildman–Crippen MR) is 71.8 cm³/mol. The average molecular weight is 267 g/mol. The molecule has 104 valence electrons. The molecule has 8 nitrogen and oxygen atoms in total. The summed E-state index contributed by atoms with van der Waals surface area (Å²) in [4.78, 5) is 24.1. The van der Waals surface area contributed by atoms with Crippen molar-refractivity contribution in [3.05, 3.63) is 33.9 Å². The van der Waals surface area contributed by atoms with Crippen LogP contribution in [0, 0.1) is 10.1 Å². The van der Waals surface area contributed by atoms with E-state index < -0.39 is 10.8 Å². The Morgan fingerprint density at radius 1 is 1.47 bits per heavy atom. The highest BCUT2D eigenvalue weighted by molar-refractivity contribution is 6.01. The molecule has 0 heterocycles. The molecule has 1 rings (SSSR count). The number of nitrogens with one attached hydrogen (secondary N) is 2. The summed E-state index contributed by atoms with van der Waals surface area (Å²) in [5.74, 6) is 4.86. The first-order valence-corrected chi connectivity index (χ1v) is 5.64. The van der Waals surface area contributed by atoms with Crippen LogP contribution in [0.3, 0.4) is 0 Å². The molecule has 19 heavy (non-hydrogen) atoms. The van der Waals surface area contributed by atoms with Crippen LogP contribution in [0.4, 0.5) is 11.4 Å². The molecule has 0 atom stereocenters. The van der Waals surface area contributed by atoms with Gasteiger partial charge in [-0.25, -0.2) is 0 Å². The summed E-state index contributed by atoms with van der Waals surface area (Å²) >= 11 is 0. The van der Waals surface area contributed by atoms with Gasteiger partial charge in [0.2, 0.25) is 0 Å². The number of carbonyl (C=O) groups excluding carboxylic acids is 1. The first kappa shape index (κ1) is 14.9. The van der Waals surface area contributed by atoms with Crippen LogP contribution in [0.15, 0.2) is 18.2 Å². The molecule has 1 aromatic rings. The van der Waals surface area contributed by atoms with E-state index in [1.807, 2.05) is 19.0 Å². The normalized spacial score (nSPS) is 10.3. The highest BCUT2D eigenvalue weighted by atomic mass is 16.6. The Hall–Kier alpha value is -2.19. The lowest BCUT2D eigenvalue weighted by molar-refractivity contribution is -0.384. The SMILES string of the molecule is CN(C)CCNC(=O)c1cccc([N+](=O)[O-])c1NN. The molecule has 0 aromatic heterocycles. The molecule has 0 aliphatic carbocycles. The Morgan fingerprint density at radius 3 is 2.68 bits per heavy atom. The van der Waals surface area contributed by atoms with Gasteiger partial charge in [0.25, 0.3) is 11.6 Å². The second kappa shape index (κ2) is 6.66. The zero-order chi connectivity index (χ0) is 14.4. The lowest BCUT2D eigenvalue weighted by Crippen LogP contribution is -2.32. The Morgan fingerprint density at radius 2 is 2.16 bits per heavy atom. The molecule has 0 unspecified atom stereocenters. The molecule has 0 radical (unpaired) electrons. The van der Waals surface area contributed by atoms with Gasteiger partial charge in [-0.05, 0) is 20.2 Å². The van der Waals surface area contributed by atoms with E-state index in [9.17, 15) is 14.9 Å². The first-order valence-electron chi connectivity index (χ1n) is 5.64. The standard InChI is InChI=1S/C11H17N5O3/c1-15(2)7-6-13-11(17)8-4-3-5-9(16(18)19)10(8)14-12/h3-5,14H,6-7,12H2,1-2H3,(H,13,17). The number of para-hydroxylation sites is 1. The molecule has 0 fully saturated rings. The lowest BCUT2D eigenvalue weighted by Gasteiger charge is -2.12. The number of rotatable bonds is 6. The minimum absolute atomic E-state index is 0.00912. The van der Waals surface area contributed by atoms with E-state index >= 15 is 0 Å². The summed E-state index contributed by atoms with van der Waals surface area (Å²) in [6.07, 6.45) is 0. The number of amides is 1. The van der Waals surface area contributed by atoms with Gasteiger partial charge in [-0.2, -0.15) is 0 Å². The van der Waals surface area contributed by atoms with Crippen LogP contribution in [-0.2, 0) is 0 Å². The monoisotopic (exact) mass is 267 g/mol. The number of nitro benzene ring substituents is 1. The van der Waals surface area contributed by atoms with Gasteiger partial charge in [0.05, 0.1) is 10.5 Å². The van der Waals surface area contributed by atoms with Crippen LogP contribution in [0.1, 0.15) is 10.4 Å². The average Bonchev–Trinajstić information content (AvgIpc) is 2.36. The van der Waals surface area contributed by atoms with Crippen LogP contribution in [0.5, 0.6) is 0 Å². The van der Waals surface area contributed by atoms with Crippen LogP contribution >= 0.6 is 0 Å². The van der Waals surface area contributed by atoms with E-state index in [0.717, 1.165) is 0 Å². The molecular weight excluding hydrogens is 250 g/mol. The van der Waals surface area contributed by atoms with Gasteiger partial charge in [-0.15, -0.1) is 0 Å². The number of hydrazine groups is 1. The van der Waals surface area contributed by atoms with Crippen LogP contribution in [-0.4, -0.2) is 42.9 Å². The first-order chi connectivity index (χ1) is 8.97. The van der Waals surface area contributed by atoms with Crippen LogP contribution in [0.2, 0.25) is 0 Å². The maximum absolute atomic E-state index is 11.9. The molecule has 0 bridgehead atoms. The summed E-state index contributed by atoms with van der Waals surface area (Å²) in [6, 6.07) is 4.21. The van der Waals surface area contributed by atoms with Gasteiger partial charge in [-0.1, -0.05) is 6.07 Å². The third-order valence-corrected chi connectivity index (χ3v) is 2.47. The van der Waals surface area contributed by atoms with E-state index in [-0.39, 0.29) is 16.9 Å². The van der Waals surface area contributed by atoms with E-state index in [1.54, 1.807) is 0 Å². The third-order valence-electron chi connectivity index (χ3n) is 2.47. The molecular formula is C11H17N5O3. The number of likely N-dealkylation sites (N-methyl/N-ethyl adjacent to an activating group) is 1. The van der Waals surface area contributed by atoms with Crippen molar-refractivity contribution in [3.63, 3.8) is 0 Å². The number of hydrogen-bond acceptors (Lipinski definition) is 6. The molecule has 0 saturated carbocycles. The van der Waals surface area contributed by atoms with Gasteiger partial charge >= 0.3 is 0 Å². The Labute approximate surface area is 110 Å². The van der Waals surface area contributed by atoms with Gasteiger partial charge < -0.3 is 15.6 Å². The smallest absolute Gasteiger partial charge is 0.294 e. The maximum atomic E-state index is 11.9. The number of carbonyl (C=O) groups is 1.